The summed E-state index contributed by atoms with van der Waals surface area (Å²) in [6.07, 6.45) is 2.12. The summed E-state index contributed by atoms with van der Waals surface area (Å²) >= 11 is 0. The summed E-state index contributed by atoms with van der Waals surface area (Å²) in [5.41, 5.74) is 6.96. The summed E-state index contributed by atoms with van der Waals surface area (Å²) < 4.78 is 7.76. The maximum absolute atomic E-state index is 12.9. The summed E-state index contributed by atoms with van der Waals surface area (Å²) in [6.45, 7) is 6.86. The van der Waals surface area contributed by atoms with Crippen LogP contribution >= 0.6 is 0 Å². The molecule has 0 unspecified atom stereocenters. The van der Waals surface area contributed by atoms with Crippen molar-refractivity contribution in [2.45, 2.75) is 58.4 Å². The van der Waals surface area contributed by atoms with E-state index < -0.39 is 12.1 Å². The summed E-state index contributed by atoms with van der Waals surface area (Å²) in [4.78, 5) is 12.9. The van der Waals surface area contributed by atoms with Crippen LogP contribution in [-0.2, 0) is 16.1 Å². The van der Waals surface area contributed by atoms with E-state index in [9.17, 15) is 10.1 Å². The van der Waals surface area contributed by atoms with Gasteiger partial charge in [-0.3, -0.25) is 9.48 Å². The predicted molar refractivity (Wildman–Crippen MR) is 84.1 cm³/mol. The number of rotatable bonds is 2. The van der Waals surface area contributed by atoms with Crippen LogP contribution in [-0.4, -0.2) is 27.9 Å². The molecule has 0 amide bonds. The van der Waals surface area contributed by atoms with Crippen LogP contribution in [0, 0.1) is 28.6 Å². The molecule has 1 aromatic rings. The monoisotopic (exact) mass is 316 g/mol. The zero-order valence-corrected chi connectivity index (χ0v) is 13.9. The third-order valence-corrected chi connectivity index (χ3v) is 5.18. The van der Waals surface area contributed by atoms with Crippen molar-refractivity contribution in [3.63, 3.8) is 0 Å². The quantitative estimate of drug-likeness (QED) is 0.898. The Morgan fingerprint density at radius 1 is 1.52 bits per heavy atom. The fourth-order valence-corrected chi connectivity index (χ4v) is 4.23. The number of nitriles is 1. The Bertz CT molecular complexity index is 645. The lowest BCUT2D eigenvalue weighted by Gasteiger charge is -2.48. The van der Waals surface area contributed by atoms with Gasteiger partial charge >= 0.3 is 0 Å². The fourth-order valence-electron chi connectivity index (χ4n) is 4.23. The Hall–Kier alpha value is -1.71. The van der Waals surface area contributed by atoms with E-state index in [0.717, 1.165) is 12.1 Å². The molecule has 0 radical (unpaired) electrons. The molecule has 2 aliphatic rings. The van der Waals surface area contributed by atoms with Crippen LogP contribution in [0.5, 0.6) is 0 Å². The minimum atomic E-state index is -0.673. The average Bonchev–Trinajstić information content (AvgIpc) is 2.92. The van der Waals surface area contributed by atoms with E-state index in [4.69, 9.17) is 10.5 Å². The first-order valence-corrected chi connectivity index (χ1v) is 8.23. The Morgan fingerprint density at radius 3 is 2.91 bits per heavy atom. The second-order valence-electron chi connectivity index (χ2n) is 7.43. The predicted octanol–water partition coefficient (Wildman–Crippen LogP) is 1.82. The van der Waals surface area contributed by atoms with Gasteiger partial charge in [-0.2, -0.15) is 10.4 Å². The number of nitrogens with zero attached hydrogens (tertiary/aromatic N) is 3. The number of carbonyl (C=O) groups excluding carboxylic acids is 1. The topological polar surface area (TPSA) is 93.9 Å². The second kappa shape index (κ2) is 5.73. The minimum Gasteiger partial charge on any atom is -0.358 e. The van der Waals surface area contributed by atoms with Gasteiger partial charge in [0.15, 0.2) is 0 Å². The van der Waals surface area contributed by atoms with Crippen molar-refractivity contribution in [2.24, 2.45) is 23.0 Å². The van der Waals surface area contributed by atoms with Crippen molar-refractivity contribution in [1.82, 2.24) is 9.78 Å². The number of Topliss-reactive ketones (excluding diaryl/α,β-unsaturated/α-hetero) is 1. The number of hydrogen-bond acceptors (Lipinski definition) is 5. The number of aryl methyl sites for hydroxylation is 1. The SMILES string of the molecule is CCn1nccc1[C@@H]1[C@H](C#N)[C@H](N)O[C@H]2CC(C)(C)CC(=O)[C@H]12. The van der Waals surface area contributed by atoms with E-state index >= 15 is 0 Å². The Kier molecular flexibility index (Phi) is 4.03. The normalized spacial score (nSPS) is 36.3. The molecule has 1 saturated heterocycles. The van der Waals surface area contributed by atoms with Gasteiger partial charge < -0.3 is 10.5 Å². The van der Waals surface area contributed by atoms with Crippen LogP contribution in [0.15, 0.2) is 12.3 Å². The Balaban J connectivity index is 2.06. The Morgan fingerprint density at radius 2 is 2.26 bits per heavy atom. The highest BCUT2D eigenvalue weighted by Crippen LogP contribution is 2.49. The minimum absolute atomic E-state index is 0.0903. The zero-order valence-electron chi connectivity index (χ0n) is 13.9. The molecule has 6 heteroatoms. The molecule has 2 heterocycles. The first-order valence-electron chi connectivity index (χ1n) is 8.23. The molecule has 1 aromatic heterocycles. The van der Waals surface area contributed by atoms with E-state index in [2.05, 4.69) is 25.0 Å². The third-order valence-electron chi connectivity index (χ3n) is 5.18. The molecule has 3 rings (SSSR count). The summed E-state index contributed by atoms with van der Waals surface area (Å²) in [7, 11) is 0. The standard InChI is InChI=1S/C17H24N4O2/c1-4-21-11(5-6-20-21)14-10(9-18)16(19)23-13-8-17(2,3)7-12(22)15(13)14/h5-6,10,13-16H,4,7-8,19H2,1-3H3/t10-,13-,14-,15-,16+/m0/s1. The lowest BCUT2D eigenvalue weighted by atomic mass is 9.62. The molecule has 0 spiro atoms. The van der Waals surface area contributed by atoms with Gasteiger partial charge in [-0.15, -0.1) is 0 Å². The van der Waals surface area contributed by atoms with E-state index in [1.807, 2.05) is 17.7 Å². The van der Waals surface area contributed by atoms with E-state index in [1.165, 1.54) is 0 Å². The number of hydrogen-bond donors (Lipinski definition) is 1. The zero-order chi connectivity index (χ0) is 16.8. The van der Waals surface area contributed by atoms with Crippen LogP contribution in [0.25, 0.3) is 0 Å². The summed E-state index contributed by atoms with van der Waals surface area (Å²) in [5, 5.41) is 13.9. The van der Waals surface area contributed by atoms with E-state index in [-0.39, 0.29) is 29.1 Å². The molecule has 6 nitrogen and oxygen atoms in total. The highest BCUT2D eigenvalue weighted by atomic mass is 16.5. The molecular formula is C17H24N4O2. The molecule has 1 aliphatic carbocycles. The molecule has 1 saturated carbocycles. The number of ketones is 1. The molecule has 124 valence electrons. The van der Waals surface area contributed by atoms with Gasteiger partial charge in [-0.05, 0) is 24.8 Å². The van der Waals surface area contributed by atoms with Gasteiger partial charge in [-0.1, -0.05) is 13.8 Å². The molecule has 0 bridgehead atoms. The molecule has 23 heavy (non-hydrogen) atoms. The number of ether oxygens (including phenoxy) is 1. The second-order valence-corrected chi connectivity index (χ2v) is 7.43. The van der Waals surface area contributed by atoms with Gasteiger partial charge in [0, 0.05) is 30.8 Å². The molecule has 1 aliphatic heterocycles. The van der Waals surface area contributed by atoms with Gasteiger partial charge in [0.2, 0.25) is 0 Å². The van der Waals surface area contributed by atoms with Crippen molar-refractivity contribution in [3.05, 3.63) is 18.0 Å². The lowest BCUT2D eigenvalue weighted by Crippen LogP contribution is -2.56. The number of carbonyl (C=O) groups is 1. The molecule has 5 atom stereocenters. The summed E-state index contributed by atoms with van der Waals surface area (Å²) in [6, 6.07) is 4.18. The fraction of sp³-hybridized carbons (Fsp3) is 0.706. The van der Waals surface area contributed by atoms with Crippen molar-refractivity contribution in [1.29, 1.82) is 5.26 Å². The van der Waals surface area contributed by atoms with Crippen LogP contribution < -0.4 is 5.73 Å². The van der Waals surface area contributed by atoms with Crippen molar-refractivity contribution >= 4 is 5.78 Å². The van der Waals surface area contributed by atoms with Crippen molar-refractivity contribution < 1.29 is 9.53 Å². The highest BCUT2D eigenvalue weighted by molar-refractivity contribution is 5.84. The number of fused-ring (bicyclic) bond motifs is 1. The molecule has 0 aromatic carbocycles. The van der Waals surface area contributed by atoms with Crippen molar-refractivity contribution in [3.8, 4) is 6.07 Å². The highest BCUT2D eigenvalue weighted by Gasteiger charge is 2.53. The molecular weight excluding hydrogens is 292 g/mol. The van der Waals surface area contributed by atoms with Gasteiger partial charge in [0.1, 0.15) is 12.0 Å². The number of aromatic nitrogens is 2. The molecule has 2 fully saturated rings. The average molecular weight is 316 g/mol. The van der Waals surface area contributed by atoms with Crippen molar-refractivity contribution in [2.75, 3.05) is 0 Å². The maximum atomic E-state index is 12.9. The Labute approximate surface area is 136 Å². The van der Waals surface area contributed by atoms with Gasteiger partial charge in [-0.25, -0.2) is 0 Å². The van der Waals surface area contributed by atoms with E-state index in [1.54, 1.807) is 6.20 Å². The van der Waals surface area contributed by atoms with Gasteiger partial charge in [0.05, 0.1) is 24.0 Å². The third kappa shape index (κ3) is 2.68. The first-order chi connectivity index (χ1) is 10.9. The van der Waals surface area contributed by atoms with Gasteiger partial charge in [0.25, 0.3) is 0 Å². The largest absolute Gasteiger partial charge is 0.358 e. The van der Waals surface area contributed by atoms with Crippen LogP contribution in [0.3, 0.4) is 0 Å². The smallest absolute Gasteiger partial charge is 0.139 e. The first kappa shape index (κ1) is 16.2. The van der Waals surface area contributed by atoms with Crippen LogP contribution in [0.2, 0.25) is 0 Å². The lowest BCUT2D eigenvalue weighted by molar-refractivity contribution is -0.164. The summed E-state index contributed by atoms with van der Waals surface area (Å²) in [5.74, 6) is -0.926. The maximum Gasteiger partial charge on any atom is 0.139 e. The molecule has 2 N–H and O–H groups in total. The van der Waals surface area contributed by atoms with Crippen LogP contribution in [0.4, 0.5) is 0 Å². The van der Waals surface area contributed by atoms with Crippen LogP contribution in [0.1, 0.15) is 45.2 Å². The van der Waals surface area contributed by atoms with E-state index in [0.29, 0.717) is 13.0 Å². The number of nitrogens with two attached hydrogens (primary N) is 1.